The van der Waals surface area contributed by atoms with Crippen LogP contribution in [0.25, 0.3) is 0 Å². The van der Waals surface area contributed by atoms with E-state index in [1.54, 1.807) is 0 Å². The molecule has 5 heteroatoms. The number of carboxylic acid groups (broad SMARTS) is 2. The van der Waals surface area contributed by atoms with Gasteiger partial charge in [-0.2, -0.15) is 0 Å². The molecule has 0 saturated heterocycles. The van der Waals surface area contributed by atoms with Gasteiger partial charge in [0.2, 0.25) is 0 Å². The first-order valence-corrected chi connectivity index (χ1v) is 1.07. The summed E-state index contributed by atoms with van der Waals surface area (Å²) < 4.78 is 0. The summed E-state index contributed by atoms with van der Waals surface area (Å²) >= 11 is 0. The fourth-order valence-electron chi connectivity index (χ4n) is 0. The van der Waals surface area contributed by atoms with Gasteiger partial charge in [0.05, 0.1) is 11.9 Å². The van der Waals surface area contributed by atoms with Gasteiger partial charge in [0.15, 0.2) is 0 Å². The molecular weight excluding hydrogens is 177 g/mol. The van der Waals surface area contributed by atoms with E-state index in [4.69, 9.17) is 19.8 Å². The zero-order valence-corrected chi connectivity index (χ0v) is 6.05. The molecule has 0 rings (SSSR count). The second-order valence-electron chi connectivity index (χ2n) is 0.575. The van der Waals surface area contributed by atoms with Gasteiger partial charge in [-0.1, -0.05) is 0 Å². The molecule has 0 aliphatic heterocycles. The summed E-state index contributed by atoms with van der Waals surface area (Å²) in [6.07, 6.45) is 0. The third-order valence-corrected chi connectivity index (χ3v) is 0.167. The summed E-state index contributed by atoms with van der Waals surface area (Å²) in [5, 5.41) is 17.9. The van der Waals surface area contributed by atoms with Crippen molar-refractivity contribution >= 4 is 11.9 Å². The molecule has 0 aromatic carbocycles. The maximum Gasteiger partial charge on any atom is 3.00 e. The quantitative estimate of drug-likeness (QED) is 0.359. The van der Waals surface area contributed by atoms with Gasteiger partial charge >= 0.3 is 32.7 Å². The van der Waals surface area contributed by atoms with Crippen molar-refractivity contribution in [2.24, 2.45) is 0 Å². The molecular formula is C2O4Y+. The van der Waals surface area contributed by atoms with Crippen molar-refractivity contribution in [3.8, 4) is 0 Å². The van der Waals surface area contributed by atoms with Crippen molar-refractivity contribution in [2.75, 3.05) is 0 Å². The average molecular weight is 177 g/mol. The average Bonchev–Trinajstić information content (AvgIpc) is 1.36. The molecule has 0 fully saturated rings. The molecule has 0 bridgehead atoms. The molecule has 34 valence electrons. The van der Waals surface area contributed by atoms with Crippen LogP contribution in [0.5, 0.6) is 0 Å². The van der Waals surface area contributed by atoms with Crippen LogP contribution >= 0.6 is 0 Å². The van der Waals surface area contributed by atoms with Crippen LogP contribution in [0.2, 0.25) is 0 Å². The van der Waals surface area contributed by atoms with Crippen LogP contribution < -0.4 is 10.2 Å². The second-order valence-corrected chi connectivity index (χ2v) is 0.575. The predicted molar refractivity (Wildman–Crippen MR) is 10.0 cm³/mol. The Labute approximate surface area is 64.4 Å². The number of aliphatic carboxylic acids is 2. The molecule has 0 amide bonds. The minimum absolute atomic E-state index is 0. The summed E-state index contributed by atoms with van der Waals surface area (Å²) in [6, 6.07) is 0. The van der Waals surface area contributed by atoms with E-state index in [-0.39, 0.29) is 32.7 Å². The first kappa shape index (κ1) is 10.1. The second kappa shape index (κ2) is 4.21. The molecule has 7 heavy (non-hydrogen) atoms. The fourth-order valence-corrected chi connectivity index (χ4v) is 0. The van der Waals surface area contributed by atoms with Crippen LogP contribution in [0, 0.1) is 0 Å². The maximum absolute atomic E-state index is 8.93. The standard InChI is InChI=1S/C2H2O4.Y/c3-1(4)2(5)6;/h(H,3,4)(H,5,6);/q;+3/p-2. The Morgan fingerprint density at radius 3 is 1.14 bits per heavy atom. The summed E-state index contributed by atoms with van der Waals surface area (Å²) in [5.74, 6) is -4.37. The summed E-state index contributed by atoms with van der Waals surface area (Å²) in [6.45, 7) is 0. The van der Waals surface area contributed by atoms with Crippen LogP contribution in [-0.4, -0.2) is 11.9 Å². The van der Waals surface area contributed by atoms with Gasteiger partial charge in [-0.05, 0) is 0 Å². The summed E-state index contributed by atoms with van der Waals surface area (Å²) in [7, 11) is 0. The van der Waals surface area contributed by atoms with E-state index in [0.29, 0.717) is 0 Å². The van der Waals surface area contributed by atoms with E-state index in [2.05, 4.69) is 0 Å². The zero-order chi connectivity index (χ0) is 5.15. The molecule has 0 spiro atoms. The molecule has 0 unspecified atom stereocenters. The monoisotopic (exact) mass is 177 g/mol. The van der Waals surface area contributed by atoms with Gasteiger partial charge < -0.3 is 19.8 Å². The Bertz CT molecular complexity index is 75.7. The molecule has 4 nitrogen and oxygen atoms in total. The first-order valence-electron chi connectivity index (χ1n) is 1.07. The molecule has 0 saturated carbocycles. The van der Waals surface area contributed by atoms with Crippen LogP contribution in [-0.2, 0) is 42.3 Å². The van der Waals surface area contributed by atoms with Gasteiger partial charge in [-0.25, -0.2) is 0 Å². The largest absolute Gasteiger partial charge is 3.00 e. The minimum Gasteiger partial charge on any atom is -0.543 e. The zero-order valence-electron chi connectivity index (χ0n) is 3.21. The number of carbonyl (C=O) groups is 2. The van der Waals surface area contributed by atoms with Crippen LogP contribution in [0.1, 0.15) is 0 Å². The fraction of sp³-hybridized carbons (Fsp3) is 0. The summed E-state index contributed by atoms with van der Waals surface area (Å²) in [4.78, 5) is 17.9. The predicted octanol–water partition coefficient (Wildman–Crippen LogP) is -3.52. The molecule has 0 radical (unpaired) electrons. The van der Waals surface area contributed by atoms with Gasteiger partial charge in [0.25, 0.3) is 0 Å². The van der Waals surface area contributed by atoms with E-state index in [0.717, 1.165) is 0 Å². The number of hydrogen-bond donors (Lipinski definition) is 0. The number of rotatable bonds is 0. The van der Waals surface area contributed by atoms with Crippen molar-refractivity contribution in [1.82, 2.24) is 0 Å². The molecule has 0 aliphatic carbocycles. The third-order valence-electron chi connectivity index (χ3n) is 0.167. The molecule has 0 aromatic heterocycles. The van der Waals surface area contributed by atoms with E-state index in [1.807, 2.05) is 0 Å². The van der Waals surface area contributed by atoms with Gasteiger partial charge in [-0.15, -0.1) is 0 Å². The van der Waals surface area contributed by atoms with Gasteiger partial charge in [-0.3, -0.25) is 0 Å². The molecule has 0 aliphatic rings. The topological polar surface area (TPSA) is 80.3 Å². The number of carbonyl (C=O) groups excluding carboxylic acids is 2. The number of hydrogen-bond acceptors (Lipinski definition) is 4. The normalized spacial score (nSPS) is 6.29. The Morgan fingerprint density at radius 1 is 1.00 bits per heavy atom. The molecule has 0 aromatic rings. The maximum atomic E-state index is 8.93. The van der Waals surface area contributed by atoms with E-state index in [9.17, 15) is 0 Å². The van der Waals surface area contributed by atoms with Crippen molar-refractivity contribution in [2.45, 2.75) is 0 Å². The molecule has 0 N–H and O–H groups in total. The third kappa shape index (κ3) is 6.04. The number of carboxylic acids is 2. The molecule has 0 atom stereocenters. The first-order chi connectivity index (χ1) is 2.64. The SMILES string of the molecule is O=C([O-])C(=O)[O-].[Y+3]. The van der Waals surface area contributed by atoms with Crippen molar-refractivity contribution in [3.05, 3.63) is 0 Å². The van der Waals surface area contributed by atoms with Crippen molar-refractivity contribution in [3.63, 3.8) is 0 Å². The van der Waals surface area contributed by atoms with Gasteiger partial charge in [0, 0.05) is 0 Å². The van der Waals surface area contributed by atoms with Crippen LogP contribution in [0.4, 0.5) is 0 Å². The van der Waals surface area contributed by atoms with Crippen LogP contribution in [0.3, 0.4) is 0 Å². The van der Waals surface area contributed by atoms with Crippen LogP contribution in [0.15, 0.2) is 0 Å². The van der Waals surface area contributed by atoms with E-state index >= 15 is 0 Å². The van der Waals surface area contributed by atoms with E-state index in [1.165, 1.54) is 0 Å². The summed E-state index contributed by atoms with van der Waals surface area (Å²) in [5.41, 5.74) is 0. The minimum atomic E-state index is -2.19. The smallest absolute Gasteiger partial charge is 0.543 e. The Balaban J connectivity index is 0. The van der Waals surface area contributed by atoms with E-state index < -0.39 is 11.9 Å². The van der Waals surface area contributed by atoms with Crippen molar-refractivity contribution in [1.29, 1.82) is 0 Å². The van der Waals surface area contributed by atoms with Crippen molar-refractivity contribution < 1.29 is 52.5 Å². The Morgan fingerprint density at radius 2 is 1.14 bits per heavy atom. The molecule has 0 heterocycles. The Kier molecular flexibility index (Phi) is 6.08. The van der Waals surface area contributed by atoms with Gasteiger partial charge in [0.1, 0.15) is 0 Å². The Hall–Kier alpha value is 0.0439.